The SMILES string of the molecule is COc1cc([N+](=O)[O-])ccc1NC(=O)[C@@H](C)OC(=O)[C@@H](C)Oc1ccc(F)cc1. The highest BCUT2D eigenvalue weighted by Gasteiger charge is 2.24. The van der Waals surface area contributed by atoms with Crippen molar-refractivity contribution in [1.82, 2.24) is 0 Å². The lowest BCUT2D eigenvalue weighted by Gasteiger charge is -2.18. The zero-order valence-corrected chi connectivity index (χ0v) is 15.9. The lowest BCUT2D eigenvalue weighted by molar-refractivity contribution is -0.384. The van der Waals surface area contributed by atoms with Crippen molar-refractivity contribution in [3.63, 3.8) is 0 Å². The number of non-ortho nitro benzene ring substituents is 1. The molecule has 29 heavy (non-hydrogen) atoms. The number of amides is 1. The largest absolute Gasteiger partial charge is 0.494 e. The van der Waals surface area contributed by atoms with Gasteiger partial charge in [0.25, 0.3) is 11.6 Å². The van der Waals surface area contributed by atoms with Crippen LogP contribution in [0, 0.1) is 15.9 Å². The predicted molar refractivity (Wildman–Crippen MR) is 100 cm³/mol. The van der Waals surface area contributed by atoms with Crippen molar-refractivity contribution in [2.75, 3.05) is 12.4 Å². The second-order valence-corrected chi connectivity index (χ2v) is 5.92. The van der Waals surface area contributed by atoms with Gasteiger partial charge in [-0.1, -0.05) is 0 Å². The van der Waals surface area contributed by atoms with Gasteiger partial charge in [-0.05, 0) is 44.2 Å². The number of benzene rings is 2. The van der Waals surface area contributed by atoms with Crippen molar-refractivity contribution in [2.45, 2.75) is 26.1 Å². The maximum Gasteiger partial charge on any atom is 0.347 e. The summed E-state index contributed by atoms with van der Waals surface area (Å²) >= 11 is 0. The van der Waals surface area contributed by atoms with Gasteiger partial charge in [0, 0.05) is 6.07 Å². The Morgan fingerprint density at radius 1 is 1.10 bits per heavy atom. The second kappa shape index (κ2) is 9.49. The topological polar surface area (TPSA) is 117 Å². The minimum atomic E-state index is -1.18. The number of nitrogens with zero attached hydrogens (tertiary/aromatic N) is 1. The molecule has 9 nitrogen and oxygen atoms in total. The number of nitro benzene ring substituents is 1. The Bertz CT molecular complexity index is 902. The first-order valence-electron chi connectivity index (χ1n) is 8.47. The van der Waals surface area contributed by atoms with Gasteiger partial charge >= 0.3 is 5.97 Å². The average molecular weight is 406 g/mol. The third-order valence-electron chi connectivity index (χ3n) is 3.77. The highest BCUT2D eigenvalue weighted by molar-refractivity contribution is 5.96. The van der Waals surface area contributed by atoms with Gasteiger partial charge in [0.2, 0.25) is 0 Å². The molecule has 0 saturated heterocycles. The van der Waals surface area contributed by atoms with E-state index >= 15 is 0 Å². The number of rotatable bonds is 8. The summed E-state index contributed by atoms with van der Waals surface area (Å²) in [6.45, 7) is 2.78. The maximum absolute atomic E-state index is 12.9. The van der Waals surface area contributed by atoms with E-state index in [0.717, 1.165) is 6.07 Å². The van der Waals surface area contributed by atoms with Gasteiger partial charge in [0.05, 0.1) is 23.8 Å². The number of hydrogen-bond acceptors (Lipinski definition) is 7. The van der Waals surface area contributed by atoms with Gasteiger partial charge in [-0.25, -0.2) is 9.18 Å². The van der Waals surface area contributed by atoms with Gasteiger partial charge in [-0.2, -0.15) is 0 Å². The highest BCUT2D eigenvalue weighted by atomic mass is 19.1. The standard InChI is InChI=1S/C19H19FN2O7/c1-11(29-19(24)12(2)28-15-7-4-13(20)5-8-15)18(23)21-16-9-6-14(22(25)26)10-17(16)27-3/h4-12H,1-3H3,(H,21,23)/t11-,12-/m1/s1. The molecular formula is C19H19FN2O7. The smallest absolute Gasteiger partial charge is 0.347 e. The molecule has 2 rings (SSSR count). The minimum absolute atomic E-state index is 0.0825. The molecule has 0 fully saturated rings. The molecule has 0 radical (unpaired) electrons. The van der Waals surface area contributed by atoms with Gasteiger partial charge < -0.3 is 19.5 Å². The first-order chi connectivity index (χ1) is 13.7. The molecule has 10 heteroatoms. The Hall–Kier alpha value is -3.69. The summed E-state index contributed by atoms with van der Waals surface area (Å²) in [4.78, 5) is 34.6. The van der Waals surface area contributed by atoms with E-state index in [1.54, 1.807) is 0 Å². The van der Waals surface area contributed by atoms with Crippen LogP contribution in [0.25, 0.3) is 0 Å². The first kappa shape index (κ1) is 21.6. The summed E-state index contributed by atoms with van der Waals surface area (Å²) in [5, 5.41) is 13.3. The fourth-order valence-corrected chi connectivity index (χ4v) is 2.22. The van der Waals surface area contributed by atoms with Crippen molar-refractivity contribution in [1.29, 1.82) is 0 Å². The molecule has 0 bridgehead atoms. The van der Waals surface area contributed by atoms with Crippen LogP contribution in [-0.2, 0) is 14.3 Å². The van der Waals surface area contributed by atoms with E-state index in [9.17, 15) is 24.1 Å². The summed E-state index contributed by atoms with van der Waals surface area (Å²) in [7, 11) is 1.30. The molecule has 1 N–H and O–H groups in total. The van der Waals surface area contributed by atoms with Crippen LogP contribution < -0.4 is 14.8 Å². The van der Waals surface area contributed by atoms with Gasteiger partial charge in [0.1, 0.15) is 17.3 Å². The number of ether oxygens (including phenoxy) is 3. The molecular weight excluding hydrogens is 387 g/mol. The van der Waals surface area contributed by atoms with Crippen LogP contribution in [0.2, 0.25) is 0 Å². The summed E-state index contributed by atoms with van der Waals surface area (Å²) < 4.78 is 28.4. The molecule has 0 unspecified atom stereocenters. The first-order valence-corrected chi connectivity index (χ1v) is 8.47. The van der Waals surface area contributed by atoms with Crippen LogP contribution in [0.4, 0.5) is 15.8 Å². The summed E-state index contributed by atoms with van der Waals surface area (Å²) in [5.41, 5.74) is -0.0206. The third-order valence-corrected chi connectivity index (χ3v) is 3.77. The molecule has 0 aliphatic carbocycles. The number of hydrogen-bond donors (Lipinski definition) is 1. The zero-order chi connectivity index (χ0) is 21.6. The van der Waals surface area contributed by atoms with E-state index < -0.39 is 34.8 Å². The van der Waals surface area contributed by atoms with Crippen LogP contribution in [-0.4, -0.2) is 36.1 Å². The molecule has 0 aromatic heterocycles. The minimum Gasteiger partial charge on any atom is -0.494 e. The van der Waals surface area contributed by atoms with E-state index in [1.165, 1.54) is 57.4 Å². The fraction of sp³-hybridized carbons (Fsp3) is 0.263. The molecule has 2 aromatic rings. The fourth-order valence-electron chi connectivity index (χ4n) is 2.22. The molecule has 2 aromatic carbocycles. The monoisotopic (exact) mass is 406 g/mol. The van der Waals surface area contributed by atoms with Crippen molar-refractivity contribution < 1.29 is 33.1 Å². The van der Waals surface area contributed by atoms with E-state index in [4.69, 9.17) is 14.2 Å². The number of nitrogens with one attached hydrogen (secondary N) is 1. The number of nitro groups is 1. The maximum atomic E-state index is 12.9. The van der Waals surface area contributed by atoms with Crippen molar-refractivity contribution >= 4 is 23.3 Å². The van der Waals surface area contributed by atoms with Crippen molar-refractivity contribution in [3.8, 4) is 11.5 Å². The number of carbonyl (C=O) groups is 2. The van der Waals surface area contributed by atoms with Crippen LogP contribution in [0.15, 0.2) is 42.5 Å². The number of halogens is 1. The molecule has 0 spiro atoms. The molecule has 0 saturated carbocycles. The second-order valence-electron chi connectivity index (χ2n) is 5.92. The summed E-state index contributed by atoms with van der Waals surface area (Å²) in [5.74, 6) is -1.56. The normalized spacial score (nSPS) is 12.4. The van der Waals surface area contributed by atoms with Crippen LogP contribution in [0.1, 0.15) is 13.8 Å². The van der Waals surface area contributed by atoms with Gasteiger partial charge in [0.15, 0.2) is 12.2 Å². The lowest BCUT2D eigenvalue weighted by Crippen LogP contribution is -2.35. The molecule has 154 valence electrons. The Balaban J connectivity index is 1.96. The molecule has 1 amide bonds. The van der Waals surface area contributed by atoms with E-state index in [1.807, 2.05) is 0 Å². The van der Waals surface area contributed by atoms with Gasteiger partial charge in [-0.3, -0.25) is 14.9 Å². The lowest BCUT2D eigenvalue weighted by atomic mass is 10.2. The molecule has 0 aliphatic rings. The Labute approximate surface area is 165 Å². The average Bonchev–Trinajstić information content (AvgIpc) is 2.69. The van der Waals surface area contributed by atoms with Crippen molar-refractivity contribution in [3.05, 3.63) is 58.4 Å². The predicted octanol–water partition coefficient (Wildman–Crippen LogP) is 3.08. The number of esters is 1. The number of anilines is 1. The van der Waals surface area contributed by atoms with E-state index in [0.29, 0.717) is 0 Å². The van der Waals surface area contributed by atoms with E-state index in [2.05, 4.69) is 5.32 Å². The van der Waals surface area contributed by atoms with Gasteiger partial charge in [-0.15, -0.1) is 0 Å². The van der Waals surface area contributed by atoms with Crippen LogP contribution in [0.3, 0.4) is 0 Å². The molecule has 2 atom stereocenters. The quantitative estimate of drug-likeness (QED) is 0.407. The van der Waals surface area contributed by atoms with E-state index in [-0.39, 0.29) is 22.9 Å². The van der Waals surface area contributed by atoms with Crippen molar-refractivity contribution in [2.24, 2.45) is 0 Å². The van der Waals surface area contributed by atoms with Crippen LogP contribution >= 0.6 is 0 Å². The third kappa shape index (κ3) is 5.89. The highest BCUT2D eigenvalue weighted by Crippen LogP contribution is 2.29. The summed E-state index contributed by atoms with van der Waals surface area (Å²) in [6.07, 6.45) is -2.22. The molecule has 0 heterocycles. The Morgan fingerprint density at radius 3 is 2.34 bits per heavy atom. The number of methoxy groups -OCH3 is 1. The number of carbonyl (C=O) groups excluding carboxylic acids is 2. The zero-order valence-electron chi connectivity index (χ0n) is 15.9. The summed E-state index contributed by atoms with van der Waals surface area (Å²) in [6, 6.07) is 8.75. The van der Waals surface area contributed by atoms with Crippen LogP contribution in [0.5, 0.6) is 11.5 Å². The molecule has 0 aliphatic heterocycles. The Morgan fingerprint density at radius 2 is 1.76 bits per heavy atom. The Kier molecular flexibility index (Phi) is 7.07.